The van der Waals surface area contributed by atoms with Gasteiger partial charge in [-0.15, -0.1) is 0 Å². The Morgan fingerprint density at radius 2 is 1.92 bits per heavy atom. The molecule has 0 saturated carbocycles. The van der Waals surface area contributed by atoms with Crippen LogP contribution >= 0.6 is 0 Å². The Kier molecular flexibility index (Phi) is 6.39. The molecule has 2 nitrogen and oxygen atoms in total. The molecule has 0 spiro atoms. The molecule has 12 heavy (non-hydrogen) atoms. The summed E-state index contributed by atoms with van der Waals surface area (Å²) in [6, 6.07) is 1.35. The number of rotatable bonds is 6. The van der Waals surface area contributed by atoms with E-state index in [0.717, 1.165) is 0 Å². The third-order valence-corrected chi connectivity index (χ3v) is 2.75. The van der Waals surface area contributed by atoms with Crippen molar-refractivity contribution in [2.75, 3.05) is 20.6 Å². The van der Waals surface area contributed by atoms with E-state index in [1.54, 1.807) is 0 Å². The van der Waals surface area contributed by atoms with E-state index in [1.807, 2.05) is 7.05 Å². The monoisotopic (exact) mass is 172 g/mol. The molecule has 0 aliphatic rings. The standard InChI is InChI=1S/C10H24N2/c1-6-10(3)12(5)8-7-9(2)11-4/h9-11H,6-8H2,1-5H3. The molecule has 0 aliphatic carbocycles. The first-order chi connectivity index (χ1) is 5.61. The molecule has 0 radical (unpaired) electrons. The largest absolute Gasteiger partial charge is 0.317 e. The average molecular weight is 172 g/mol. The molecule has 2 unspecified atom stereocenters. The third kappa shape index (κ3) is 4.73. The predicted molar refractivity (Wildman–Crippen MR) is 55.5 cm³/mol. The Hall–Kier alpha value is -0.0800. The molecular formula is C10H24N2. The molecule has 74 valence electrons. The Morgan fingerprint density at radius 3 is 2.33 bits per heavy atom. The molecule has 0 aromatic carbocycles. The highest BCUT2D eigenvalue weighted by molar-refractivity contribution is 4.64. The molecule has 0 aliphatic heterocycles. The molecule has 0 fully saturated rings. The summed E-state index contributed by atoms with van der Waals surface area (Å²) in [7, 11) is 4.23. The number of nitrogens with zero attached hydrogens (tertiary/aromatic N) is 1. The van der Waals surface area contributed by atoms with Crippen molar-refractivity contribution in [2.45, 2.75) is 45.7 Å². The maximum Gasteiger partial charge on any atom is 0.00612 e. The van der Waals surface area contributed by atoms with Crippen LogP contribution in [-0.4, -0.2) is 37.6 Å². The highest BCUT2D eigenvalue weighted by atomic mass is 15.1. The molecule has 0 bridgehead atoms. The summed E-state index contributed by atoms with van der Waals surface area (Å²) in [6.07, 6.45) is 2.47. The average Bonchev–Trinajstić information content (AvgIpc) is 2.11. The second kappa shape index (κ2) is 6.44. The van der Waals surface area contributed by atoms with E-state index in [1.165, 1.54) is 19.4 Å². The second-order valence-corrected chi connectivity index (χ2v) is 3.72. The summed E-state index contributed by atoms with van der Waals surface area (Å²) < 4.78 is 0. The SMILES string of the molecule is CCC(C)N(C)CCC(C)NC. The summed E-state index contributed by atoms with van der Waals surface area (Å²) in [4.78, 5) is 2.42. The van der Waals surface area contributed by atoms with Crippen LogP contribution in [0.4, 0.5) is 0 Å². The van der Waals surface area contributed by atoms with Gasteiger partial charge in [0.1, 0.15) is 0 Å². The van der Waals surface area contributed by atoms with Crippen LogP contribution in [0, 0.1) is 0 Å². The van der Waals surface area contributed by atoms with Crippen molar-refractivity contribution >= 4 is 0 Å². The molecule has 0 aromatic heterocycles. The van der Waals surface area contributed by atoms with E-state index >= 15 is 0 Å². The van der Waals surface area contributed by atoms with Gasteiger partial charge in [0.2, 0.25) is 0 Å². The van der Waals surface area contributed by atoms with Gasteiger partial charge >= 0.3 is 0 Å². The van der Waals surface area contributed by atoms with Crippen molar-refractivity contribution in [1.29, 1.82) is 0 Å². The second-order valence-electron chi connectivity index (χ2n) is 3.72. The van der Waals surface area contributed by atoms with Crippen LogP contribution in [0.3, 0.4) is 0 Å². The van der Waals surface area contributed by atoms with Crippen LogP contribution in [0.25, 0.3) is 0 Å². The van der Waals surface area contributed by atoms with Crippen molar-refractivity contribution in [3.63, 3.8) is 0 Å². The van der Waals surface area contributed by atoms with E-state index < -0.39 is 0 Å². The van der Waals surface area contributed by atoms with Gasteiger partial charge in [0.25, 0.3) is 0 Å². The minimum Gasteiger partial charge on any atom is -0.317 e. The lowest BCUT2D eigenvalue weighted by atomic mass is 10.2. The Morgan fingerprint density at radius 1 is 1.33 bits per heavy atom. The van der Waals surface area contributed by atoms with Gasteiger partial charge in [-0.25, -0.2) is 0 Å². The Bertz CT molecular complexity index is 104. The van der Waals surface area contributed by atoms with E-state index in [2.05, 4.69) is 38.0 Å². The molecular weight excluding hydrogens is 148 g/mol. The fourth-order valence-electron chi connectivity index (χ4n) is 1.07. The van der Waals surface area contributed by atoms with Crippen LogP contribution in [0.2, 0.25) is 0 Å². The van der Waals surface area contributed by atoms with Gasteiger partial charge in [0, 0.05) is 12.1 Å². The number of hydrogen-bond acceptors (Lipinski definition) is 2. The Balaban J connectivity index is 3.49. The zero-order chi connectivity index (χ0) is 9.56. The molecule has 0 amide bonds. The van der Waals surface area contributed by atoms with Crippen molar-refractivity contribution in [1.82, 2.24) is 10.2 Å². The zero-order valence-electron chi connectivity index (χ0n) is 9.22. The normalized spacial score (nSPS) is 16.5. The van der Waals surface area contributed by atoms with Gasteiger partial charge < -0.3 is 10.2 Å². The quantitative estimate of drug-likeness (QED) is 0.656. The lowest BCUT2D eigenvalue weighted by Gasteiger charge is -2.24. The summed E-state index contributed by atoms with van der Waals surface area (Å²) in [5.41, 5.74) is 0. The zero-order valence-corrected chi connectivity index (χ0v) is 9.22. The van der Waals surface area contributed by atoms with Crippen LogP contribution in [0.5, 0.6) is 0 Å². The van der Waals surface area contributed by atoms with Gasteiger partial charge in [-0.05, 0) is 47.3 Å². The molecule has 0 rings (SSSR count). The van der Waals surface area contributed by atoms with E-state index in [4.69, 9.17) is 0 Å². The highest BCUT2D eigenvalue weighted by Crippen LogP contribution is 2.01. The van der Waals surface area contributed by atoms with Gasteiger partial charge in [0.15, 0.2) is 0 Å². The minimum atomic E-state index is 0.636. The van der Waals surface area contributed by atoms with Gasteiger partial charge in [-0.3, -0.25) is 0 Å². The van der Waals surface area contributed by atoms with Crippen LogP contribution in [-0.2, 0) is 0 Å². The molecule has 0 saturated heterocycles. The maximum absolute atomic E-state index is 3.25. The summed E-state index contributed by atoms with van der Waals surface area (Å²) in [5.74, 6) is 0. The van der Waals surface area contributed by atoms with Crippen molar-refractivity contribution in [3.8, 4) is 0 Å². The van der Waals surface area contributed by atoms with E-state index in [-0.39, 0.29) is 0 Å². The van der Waals surface area contributed by atoms with E-state index in [0.29, 0.717) is 12.1 Å². The smallest absolute Gasteiger partial charge is 0.00612 e. The third-order valence-electron chi connectivity index (χ3n) is 2.75. The highest BCUT2D eigenvalue weighted by Gasteiger charge is 2.07. The summed E-state index contributed by atoms with van der Waals surface area (Å²) in [6.45, 7) is 7.94. The molecule has 2 atom stereocenters. The Labute approximate surface area is 77.3 Å². The maximum atomic E-state index is 3.25. The van der Waals surface area contributed by atoms with Crippen molar-refractivity contribution in [3.05, 3.63) is 0 Å². The number of nitrogens with one attached hydrogen (secondary N) is 1. The van der Waals surface area contributed by atoms with Gasteiger partial charge in [0.05, 0.1) is 0 Å². The lowest BCUT2D eigenvalue weighted by Crippen LogP contribution is -2.33. The predicted octanol–water partition coefficient (Wildman–Crippen LogP) is 1.71. The molecule has 0 aromatic rings. The van der Waals surface area contributed by atoms with Crippen LogP contribution in [0.15, 0.2) is 0 Å². The van der Waals surface area contributed by atoms with Gasteiger partial charge in [-0.1, -0.05) is 6.92 Å². The lowest BCUT2D eigenvalue weighted by molar-refractivity contribution is 0.241. The number of hydrogen-bond donors (Lipinski definition) is 1. The van der Waals surface area contributed by atoms with Crippen LogP contribution in [0.1, 0.15) is 33.6 Å². The minimum absolute atomic E-state index is 0.636. The summed E-state index contributed by atoms with van der Waals surface area (Å²) in [5, 5.41) is 3.25. The van der Waals surface area contributed by atoms with Crippen molar-refractivity contribution in [2.24, 2.45) is 0 Å². The van der Waals surface area contributed by atoms with Crippen LogP contribution < -0.4 is 5.32 Å². The van der Waals surface area contributed by atoms with E-state index in [9.17, 15) is 0 Å². The summed E-state index contributed by atoms with van der Waals surface area (Å²) >= 11 is 0. The molecule has 0 heterocycles. The first-order valence-electron chi connectivity index (χ1n) is 4.99. The molecule has 1 N–H and O–H groups in total. The topological polar surface area (TPSA) is 15.3 Å². The fraction of sp³-hybridized carbons (Fsp3) is 1.00. The fourth-order valence-corrected chi connectivity index (χ4v) is 1.07. The first kappa shape index (κ1) is 11.9. The first-order valence-corrected chi connectivity index (χ1v) is 4.99. The van der Waals surface area contributed by atoms with Crippen molar-refractivity contribution < 1.29 is 0 Å². The van der Waals surface area contributed by atoms with Gasteiger partial charge in [-0.2, -0.15) is 0 Å². The molecule has 2 heteroatoms.